The normalized spacial score (nSPS) is 11.4. The van der Waals surface area contributed by atoms with Crippen LogP contribution in [0, 0.1) is 6.92 Å². The predicted octanol–water partition coefficient (Wildman–Crippen LogP) is 17.3. The lowest BCUT2D eigenvalue weighted by Crippen LogP contribution is -1.92. The maximum absolute atomic E-state index is 2.38. The Labute approximate surface area is 356 Å². The highest BCUT2D eigenvalue weighted by Crippen LogP contribution is 2.47. The molecule has 0 heterocycles. The Morgan fingerprint density at radius 3 is 0.967 bits per heavy atom. The average molecular weight is 775 g/mol. The Kier molecular flexibility index (Phi) is 9.17. The molecule has 0 saturated heterocycles. The van der Waals surface area contributed by atoms with Crippen LogP contribution in [0.1, 0.15) is 5.56 Å². The number of hydrogen-bond donors (Lipinski definition) is 0. The fourth-order valence-electron chi connectivity index (χ4n) is 9.78. The van der Waals surface area contributed by atoms with Gasteiger partial charge in [0.15, 0.2) is 0 Å². The summed E-state index contributed by atoms with van der Waals surface area (Å²) in [6, 6.07) is 85.5. The van der Waals surface area contributed by atoms with Crippen molar-refractivity contribution in [1.29, 1.82) is 0 Å². The molecular formula is C61H42. The average Bonchev–Trinajstić information content (AvgIpc) is 3.33. The zero-order valence-corrected chi connectivity index (χ0v) is 34.0. The molecule has 0 heteroatoms. The molecule has 0 bridgehead atoms. The van der Waals surface area contributed by atoms with Crippen LogP contribution in [0.25, 0.3) is 109 Å². The van der Waals surface area contributed by atoms with Crippen LogP contribution in [0.2, 0.25) is 0 Å². The molecule has 0 nitrogen and oxygen atoms in total. The zero-order chi connectivity index (χ0) is 40.7. The summed E-state index contributed by atoms with van der Waals surface area (Å²) in [5.74, 6) is 0. The van der Waals surface area contributed by atoms with Crippen molar-refractivity contribution in [2.24, 2.45) is 0 Å². The van der Waals surface area contributed by atoms with Gasteiger partial charge in [0.2, 0.25) is 0 Å². The van der Waals surface area contributed by atoms with Crippen molar-refractivity contribution in [1.82, 2.24) is 0 Å². The van der Waals surface area contributed by atoms with Gasteiger partial charge >= 0.3 is 0 Å². The molecule has 0 aromatic heterocycles. The molecule has 0 aliphatic rings. The summed E-state index contributed by atoms with van der Waals surface area (Å²) in [6.07, 6.45) is 0. The van der Waals surface area contributed by atoms with Gasteiger partial charge in [0, 0.05) is 0 Å². The van der Waals surface area contributed by atoms with E-state index < -0.39 is 0 Å². The Balaban J connectivity index is 0.000000142. The lowest BCUT2D eigenvalue weighted by atomic mass is 9.84. The second-order valence-corrected chi connectivity index (χ2v) is 15.9. The Hall–Kier alpha value is -7.80. The third-order valence-corrected chi connectivity index (χ3v) is 12.4. The lowest BCUT2D eigenvalue weighted by molar-refractivity contribution is 1.47. The first-order valence-electron chi connectivity index (χ1n) is 21.2. The molecule has 0 fully saturated rings. The summed E-state index contributed by atoms with van der Waals surface area (Å²) < 4.78 is 0. The minimum Gasteiger partial charge on any atom is -0.0622 e. The first-order valence-corrected chi connectivity index (χ1v) is 21.2. The predicted molar refractivity (Wildman–Crippen MR) is 264 cm³/mol. The minimum atomic E-state index is 1.25. The second kappa shape index (κ2) is 15.4. The molecule has 12 aromatic carbocycles. The standard InChI is InChI=1S/C34H22.C27H20/c1-2-12-23(13-3-1)33-28-18-8-10-20-30(28)34(31-21-11-9-19-29(31)33)32-22-24-14-4-5-15-25(24)26-16-6-7-17-27(26)32;1-19-11-5-6-14-21(19)27-24-17-9-7-15-22(24)26(20-12-3-2-4-13-20)23-16-8-10-18-25(23)27/h1-22H;2-18H,1H3. The maximum atomic E-state index is 2.38. The van der Waals surface area contributed by atoms with Gasteiger partial charge in [-0.05, 0) is 128 Å². The van der Waals surface area contributed by atoms with Crippen molar-refractivity contribution in [3.8, 4) is 44.5 Å². The third-order valence-electron chi connectivity index (χ3n) is 12.4. The molecule has 0 amide bonds. The van der Waals surface area contributed by atoms with Crippen LogP contribution in [0.3, 0.4) is 0 Å². The van der Waals surface area contributed by atoms with Gasteiger partial charge in [-0.3, -0.25) is 0 Å². The Bertz CT molecular complexity index is 3460. The molecule has 0 aliphatic carbocycles. The molecular weight excluding hydrogens is 733 g/mol. The van der Waals surface area contributed by atoms with Gasteiger partial charge in [-0.2, -0.15) is 0 Å². The largest absolute Gasteiger partial charge is 0.0622 e. The number of rotatable bonds is 4. The van der Waals surface area contributed by atoms with E-state index in [1.54, 1.807) is 0 Å². The third kappa shape index (κ3) is 6.24. The smallest absolute Gasteiger partial charge is 0.00199 e. The van der Waals surface area contributed by atoms with E-state index in [1.165, 1.54) is 115 Å². The van der Waals surface area contributed by atoms with E-state index in [-0.39, 0.29) is 0 Å². The number of hydrogen-bond acceptors (Lipinski definition) is 0. The van der Waals surface area contributed by atoms with Crippen molar-refractivity contribution >= 4 is 64.6 Å². The van der Waals surface area contributed by atoms with E-state index >= 15 is 0 Å². The van der Waals surface area contributed by atoms with Crippen molar-refractivity contribution in [3.63, 3.8) is 0 Å². The van der Waals surface area contributed by atoms with E-state index in [2.05, 4.69) is 244 Å². The summed E-state index contributed by atoms with van der Waals surface area (Å²) in [5, 5.41) is 15.6. The van der Waals surface area contributed by atoms with Gasteiger partial charge in [-0.1, -0.05) is 231 Å². The van der Waals surface area contributed by atoms with Crippen LogP contribution in [0.5, 0.6) is 0 Å². The maximum Gasteiger partial charge on any atom is -0.00199 e. The molecule has 61 heavy (non-hydrogen) atoms. The van der Waals surface area contributed by atoms with E-state index in [0.717, 1.165) is 0 Å². The molecule has 12 aromatic rings. The second-order valence-electron chi connectivity index (χ2n) is 15.9. The first-order chi connectivity index (χ1) is 30.2. The summed E-state index contributed by atoms with van der Waals surface area (Å²) in [6.45, 7) is 2.20. The highest BCUT2D eigenvalue weighted by molar-refractivity contribution is 6.26. The van der Waals surface area contributed by atoms with E-state index in [0.29, 0.717) is 0 Å². The van der Waals surface area contributed by atoms with Gasteiger partial charge in [0.1, 0.15) is 0 Å². The zero-order valence-electron chi connectivity index (χ0n) is 34.0. The van der Waals surface area contributed by atoms with Gasteiger partial charge in [0.05, 0.1) is 0 Å². The minimum absolute atomic E-state index is 1.25. The number of aryl methyl sites for hydroxylation is 1. The van der Waals surface area contributed by atoms with E-state index in [4.69, 9.17) is 0 Å². The Morgan fingerprint density at radius 1 is 0.213 bits per heavy atom. The fourth-order valence-corrected chi connectivity index (χ4v) is 9.78. The van der Waals surface area contributed by atoms with E-state index in [9.17, 15) is 0 Å². The van der Waals surface area contributed by atoms with Crippen molar-refractivity contribution < 1.29 is 0 Å². The van der Waals surface area contributed by atoms with Crippen molar-refractivity contribution in [3.05, 3.63) is 242 Å². The summed E-state index contributed by atoms with van der Waals surface area (Å²) >= 11 is 0. The molecule has 0 aliphatic heterocycles. The molecule has 12 rings (SSSR count). The van der Waals surface area contributed by atoms with Gasteiger partial charge in [0.25, 0.3) is 0 Å². The van der Waals surface area contributed by atoms with Crippen LogP contribution in [-0.2, 0) is 0 Å². The van der Waals surface area contributed by atoms with E-state index in [1.807, 2.05) is 0 Å². The molecule has 0 saturated carbocycles. The van der Waals surface area contributed by atoms with Crippen LogP contribution in [0.4, 0.5) is 0 Å². The molecule has 0 N–H and O–H groups in total. The van der Waals surface area contributed by atoms with Gasteiger partial charge in [-0.25, -0.2) is 0 Å². The molecule has 0 unspecified atom stereocenters. The first kappa shape index (κ1) is 36.3. The highest BCUT2D eigenvalue weighted by Gasteiger charge is 2.19. The summed E-state index contributed by atoms with van der Waals surface area (Å²) in [7, 11) is 0. The highest BCUT2D eigenvalue weighted by atomic mass is 14.2. The van der Waals surface area contributed by atoms with Crippen LogP contribution in [-0.4, -0.2) is 0 Å². The topological polar surface area (TPSA) is 0 Å². The van der Waals surface area contributed by atoms with Crippen LogP contribution >= 0.6 is 0 Å². The molecule has 286 valence electrons. The van der Waals surface area contributed by atoms with Gasteiger partial charge < -0.3 is 0 Å². The fraction of sp³-hybridized carbons (Fsp3) is 0.0164. The van der Waals surface area contributed by atoms with Crippen LogP contribution < -0.4 is 0 Å². The number of benzene rings is 12. The van der Waals surface area contributed by atoms with Gasteiger partial charge in [-0.15, -0.1) is 0 Å². The summed E-state index contributed by atoms with van der Waals surface area (Å²) in [4.78, 5) is 0. The summed E-state index contributed by atoms with van der Waals surface area (Å²) in [5.41, 5.74) is 11.7. The van der Waals surface area contributed by atoms with Crippen molar-refractivity contribution in [2.45, 2.75) is 6.92 Å². The monoisotopic (exact) mass is 774 g/mol. The van der Waals surface area contributed by atoms with Crippen LogP contribution in [0.15, 0.2) is 237 Å². The Morgan fingerprint density at radius 2 is 0.525 bits per heavy atom. The molecule has 0 spiro atoms. The SMILES string of the molecule is Cc1ccccc1-c1c2ccccc2c(-c2ccccc2)c2ccccc12.c1ccc(-c2c3ccccc3c(-c3cc4ccccc4c4ccccc34)c3ccccc23)cc1. The van der Waals surface area contributed by atoms with Crippen molar-refractivity contribution in [2.75, 3.05) is 0 Å². The quantitative estimate of drug-likeness (QED) is 0.123. The molecule has 0 atom stereocenters. The lowest BCUT2D eigenvalue weighted by Gasteiger charge is -2.19. The number of fused-ring (bicyclic) bond motifs is 7. The molecule has 0 radical (unpaired) electrons.